The topological polar surface area (TPSA) is 29.9 Å². The Morgan fingerprint density at radius 1 is 1.04 bits per heavy atom. The van der Waals surface area contributed by atoms with Gasteiger partial charge in [0.1, 0.15) is 5.82 Å². The zero-order valence-corrected chi connectivity index (χ0v) is 16.2. The molecular formula is C20H16Cl2F3N3. The minimum absolute atomic E-state index is 0.190. The summed E-state index contributed by atoms with van der Waals surface area (Å²) in [6.45, 7) is 0.713. The number of rotatable bonds is 2. The Bertz CT molecular complexity index is 1030. The van der Waals surface area contributed by atoms with Crippen molar-refractivity contribution >= 4 is 29.0 Å². The molecule has 0 saturated heterocycles. The van der Waals surface area contributed by atoms with Crippen LogP contribution in [0.25, 0.3) is 16.9 Å². The van der Waals surface area contributed by atoms with E-state index in [9.17, 15) is 13.2 Å². The van der Waals surface area contributed by atoms with Crippen molar-refractivity contribution in [1.29, 1.82) is 0 Å². The Labute approximate surface area is 170 Å². The molecule has 1 N–H and O–H groups in total. The Balaban J connectivity index is 1.94. The van der Waals surface area contributed by atoms with Crippen molar-refractivity contribution in [1.82, 2.24) is 9.78 Å². The Kier molecular flexibility index (Phi) is 5.02. The minimum atomic E-state index is -4.47. The predicted molar refractivity (Wildman–Crippen MR) is 105 cm³/mol. The first-order valence-corrected chi connectivity index (χ1v) is 9.59. The Morgan fingerprint density at radius 2 is 1.86 bits per heavy atom. The van der Waals surface area contributed by atoms with Crippen molar-refractivity contribution < 1.29 is 13.2 Å². The van der Waals surface area contributed by atoms with E-state index in [4.69, 9.17) is 23.2 Å². The molecule has 1 aromatic heterocycles. The highest BCUT2D eigenvalue weighted by molar-refractivity contribution is 6.32. The van der Waals surface area contributed by atoms with Crippen LogP contribution in [-0.4, -0.2) is 16.3 Å². The summed E-state index contributed by atoms with van der Waals surface area (Å²) in [4.78, 5) is 0. The third-order valence-electron chi connectivity index (χ3n) is 4.73. The quantitative estimate of drug-likeness (QED) is 0.500. The highest BCUT2D eigenvalue weighted by atomic mass is 35.5. The number of nitrogens with one attached hydrogen (secondary N) is 1. The second-order valence-corrected chi connectivity index (χ2v) is 7.49. The third kappa shape index (κ3) is 3.59. The molecule has 0 radical (unpaired) electrons. The molecule has 0 amide bonds. The molecular weight excluding hydrogens is 410 g/mol. The summed E-state index contributed by atoms with van der Waals surface area (Å²) in [7, 11) is 0. The number of benzene rings is 2. The van der Waals surface area contributed by atoms with E-state index in [0.717, 1.165) is 42.5 Å². The average molecular weight is 426 g/mol. The van der Waals surface area contributed by atoms with Crippen molar-refractivity contribution in [3.63, 3.8) is 0 Å². The maximum absolute atomic E-state index is 13.2. The molecule has 28 heavy (non-hydrogen) atoms. The third-order valence-corrected chi connectivity index (χ3v) is 5.28. The molecule has 0 fully saturated rings. The molecule has 1 aliphatic heterocycles. The summed E-state index contributed by atoms with van der Waals surface area (Å²) in [5, 5.41) is 8.72. The smallest absolute Gasteiger partial charge is 0.370 e. The minimum Gasteiger partial charge on any atom is -0.370 e. The number of fused-ring (bicyclic) bond motifs is 1. The lowest BCUT2D eigenvalue weighted by Crippen LogP contribution is -2.10. The second-order valence-electron chi connectivity index (χ2n) is 6.65. The summed E-state index contributed by atoms with van der Waals surface area (Å²) >= 11 is 12.4. The van der Waals surface area contributed by atoms with E-state index in [-0.39, 0.29) is 10.7 Å². The van der Waals surface area contributed by atoms with Gasteiger partial charge in [0.15, 0.2) is 0 Å². The molecule has 0 unspecified atom stereocenters. The molecule has 146 valence electrons. The molecule has 2 aromatic carbocycles. The molecule has 1 aliphatic rings. The van der Waals surface area contributed by atoms with E-state index in [1.165, 1.54) is 10.7 Å². The van der Waals surface area contributed by atoms with Gasteiger partial charge >= 0.3 is 6.18 Å². The molecule has 2 heterocycles. The number of hydrogen-bond donors (Lipinski definition) is 1. The summed E-state index contributed by atoms with van der Waals surface area (Å²) in [5.74, 6) is 0.675. The molecule has 0 atom stereocenters. The molecule has 0 aliphatic carbocycles. The van der Waals surface area contributed by atoms with E-state index in [2.05, 4.69) is 10.4 Å². The van der Waals surface area contributed by atoms with Crippen molar-refractivity contribution in [2.24, 2.45) is 0 Å². The predicted octanol–water partition coefficient (Wildman–Crippen LogP) is 6.61. The zero-order chi connectivity index (χ0) is 19.9. The van der Waals surface area contributed by atoms with Crippen molar-refractivity contribution in [2.75, 3.05) is 11.9 Å². The van der Waals surface area contributed by atoms with Gasteiger partial charge in [-0.05, 0) is 49.6 Å². The van der Waals surface area contributed by atoms with E-state index >= 15 is 0 Å². The van der Waals surface area contributed by atoms with Crippen molar-refractivity contribution in [2.45, 2.75) is 25.4 Å². The van der Waals surface area contributed by atoms with Crippen LogP contribution in [0.1, 0.15) is 24.0 Å². The number of halogens is 5. The first kappa shape index (κ1) is 19.2. The van der Waals surface area contributed by atoms with Gasteiger partial charge in [-0.25, -0.2) is 4.68 Å². The van der Waals surface area contributed by atoms with Crippen LogP contribution < -0.4 is 5.32 Å². The number of aromatic nitrogens is 2. The van der Waals surface area contributed by atoms with Crippen LogP contribution in [0.5, 0.6) is 0 Å². The lowest BCUT2D eigenvalue weighted by Gasteiger charge is -2.13. The van der Waals surface area contributed by atoms with E-state index < -0.39 is 11.7 Å². The van der Waals surface area contributed by atoms with Crippen LogP contribution in [0, 0.1) is 0 Å². The van der Waals surface area contributed by atoms with Gasteiger partial charge in [-0.15, -0.1) is 0 Å². The molecule has 8 heteroatoms. The van der Waals surface area contributed by atoms with Gasteiger partial charge in [0.05, 0.1) is 22.0 Å². The number of alkyl halides is 3. The fourth-order valence-corrected chi connectivity index (χ4v) is 3.78. The first-order chi connectivity index (χ1) is 13.3. The van der Waals surface area contributed by atoms with Crippen LogP contribution in [0.3, 0.4) is 0 Å². The fraction of sp³-hybridized carbons (Fsp3) is 0.250. The standard InChI is InChI=1S/C20H16Cl2F3N3/c21-14-5-3-4-12(10-14)18-15-6-1-2-9-26-19(15)28(27-18)17-11-13(20(23,24)25)7-8-16(17)22/h3-5,7-8,10-11,26H,1-2,6,9H2. The summed E-state index contributed by atoms with van der Waals surface area (Å²) in [5.41, 5.74) is 1.88. The molecule has 0 saturated carbocycles. The lowest BCUT2D eigenvalue weighted by atomic mass is 10.0. The second kappa shape index (κ2) is 7.33. The fourth-order valence-electron chi connectivity index (χ4n) is 3.40. The van der Waals surface area contributed by atoms with Gasteiger partial charge in [-0.1, -0.05) is 35.3 Å². The lowest BCUT2D eigenvalue weighted by molar-refractivity contribution is -0.137. The van der Waals surface area contributed by atoms with Gasteiger partial charge in [0.25, 0.3) is 0 Å². The summed E-state index contributed by atoms with van der Waals surface area (Å²) in [6, 6.07) is 10.5. The van der Waals surface area contributed by atoms with Crippen LogP contribution in [0.4, 0.5) is 19.0 Å². The number of anilines is 1. The van der Waals surface area contributed by atoms with E-state index in [1.807, 2.05) is 12.1 Å². The normalized spacial score (nSPS) is 14.3. The van der Waals surface area contributed by atoms with Crippen LogP contribution in [0.15, 0.2) is 42.5 Å². The molecule has 3 nitrogen and oxygen atoms in total. The molecule has 4 rings (SSSR count). The highest BCUT2D eigenvalue weighted by Crippen LogP contribution is 2.38. The van der Waals surface area contributed by atoms with Crippen LogP contribution >= 0.6 is 23.2 Å². The maximum Gasteiger partial charge on any atom is 0.416 e. The SMILES string of the molecule is FC(F)(F)c1ccc(Cl)c(-n2nc(-c3cccc(Cl)c3)c3c2NCCCC3)c1. The number of nitrogens with zero attached hydrogens (tertiary/aromatic N) is 2. The maximum atomic E-state index is 13.2. The van der Waals surface area contributed by atoms with Gasteiger partial charge in [0, 0.05) is 22.7 Å². The van der Waals surface area contributed by atoms with E-state index in [1.54, 1.807) is 12.1 Å². The van der Waals surface area contributed by atoms with Gasteiger partial charge in [0.2, 0.25) is 0 Å². The van der Waals surface area contributed by atoms with Crippen LogP contribution in [-0.2, 0) is 12.6 Å². The van der Waals surface area contributed by atoms with Crippen LogP contribution in [0.2, 0.25) is 10.0 Å². The van der Waals surface area contributed by atoms with Gasteiger partial charge in [-0.2, -0.15) is 18.3 Å². The monoisotopic (exact) mass is 425 g/mol. The molecule has 3 aromatic rings. The van der Waals surface area contributed by atoms with Crippen molar-refractivity contribution in [3.05, 3.63) is 63.6 Å². The van der Waals surface area contributed by atoms with E-state index in [0.29, 0.717) is 23.1 Å². The van der Waals surface area contributed by atoms with Gasteiger partial charge < -0.3 is 5.32 Å². The molecule has 0 spiro atoms. The zero-order valence-electron chi connectivity index (χ0n) is 14.7. The van der Waals surface area contributed by atoms with Gasteiger partial charge in [-0.3, -0.25) is 0 Å². The Hall–Kier alpha value is -2.18. The average Bonchev–Trinajstić information content (AvgIpc) is 2.82. The number of hydrogen-bond acceptors (Lipinski definition) is 2. The summed E-state index contributed by atoms with van der Waals surface area (Å²) < 4.78 is 41.2. The summed E-state index contributed by atoms with van der Waals surface area (Å²) in [6.07, 6.45) is -1.79. The largest absolute Gasteiger partial charge is 0.416 e. The molecule has 0 bridgehead atoms. The highest BCUT2D eigenvalue weighted by Gasteiger charge is 2.32. The first-order valence-electron chi connectivity index (χ1n) is 8.83. The Morgan fingerprint density at radius 3 is 2.61 bits per heavy atom. The van der Waals surface area contributed by atoms with Crippen molar-refractivity contribution in [3.8, 4) is 16.9 Å².